The molecule has 0 spiro atoms. The van der Waals surface area contributed by atoms with Crippen LogP contribution in [0.3, 0.4) is 0 Å². The fraction of sp³-hybridized carbons (Fsp3) is 0.462. The summed E-state index contributed by atoms with van der Waals surface area (Å²) in [4.78, 5) is 9.07. The molecule has 0 bridgehead atoms. The van der Waals surface area contributed by atoms with Crippen molar-refractivity contribution in [2.45, 2.75) is 39.2 Å². The highest BCUT2D eigenvalue weighted by Gasteiger charge is 2.17. The lowest BCUT2D eigenvalue weighted by Crippen LogP contribution is -2.11. The van der Waals surface area contributed by atoms with Crippen LogP contribution in [0.4, 0.5) is 5.82 Å². The summed E-state index contributed by atoms with van der Waals surface area (Å²) in [6.07, 6.45) is 8.16. The topological polar surface area (TPSA) is 69.6 Å². The number of anilines is 1. The first-order valence-electron chi connectivity index (χ1n) is 6.46. The third kappa shape index (κ3) is 1.85. The van der Waals surface area contributed by atoms with Gasteiger partial charge in [0.25, 0.3) is 0 Å². The van der Waals surface area contributed by atoms with Gasteiger partial charge in [0, 0.05) is 24.0 Å². The van der Waals surface area contributed by atoms with Gasteiger partial charge in [-0.3, -0.25) is 4.68 Å². The monoisotopic (exact) mass is 243 g/mol. The van der Waals surface area contributed by atoms with Gasteiger partial charge in [-0.05, 0) is 32.6 Å². The van der Waals surface area contributed by atoms with Gasteiger partial charge < -0.3 is 5.73 Å². The Morgan fingerprint density at radius 2 is 2.11 bits per heavy atom. The van der Waals surface area contributed by atoms with Gasteiger partial charge in [0.15, 0.2) is 5.82 Å². The second kappa shape index (κ2) is 4.40. The summed E-state index contributed by atoms with van der Waals surface area (Å²) in [7, 11) is 0. The molecule has 0 aliphatic heterocycles. The smallest absolute Gasteiger partial charge is 0.164 e. The Balaban J connectivity index is 2.04. The van der Waals surface area contributed by atoms with Crippen LogP contribution in [0.1, 0.15) is 31.0 Å². The third-order valence-corrected chi connectivity index (χ3v) is 3.43. The highest BCUT2D eigenvalue weighted by molar-refractivity contribution is 5.57. The molecule has 0 amide bonds. The molecule has 1 aliphatic rings. The first-order valence-corrected chi connectivity index (χ1v) is 6.46. The van der Waals surface area contributed by atoms with Gasteiger partial charge >= 0.3 is 0 Å². The maximum atomic E-state index is 6.04. The van der Waals surface area contributed by atoms with E-state index in [0.717, 1.165) is 36.2 Å². The van der Waals surface area contributed by atoms with Crippen molar-refractivity contribution >= 4 is 5.82 Å². The van der Waals surface area contributed by atoms with Crippen molar-refractivity contribution in [3.63, 3.8) is 0 Å². The van der Waals surface area contributed by atoms with Gasteiger partial charge in [-0.15, -0.1) is 0 Å². The van der Waals surface area contributed by atoms with E-state index in [1.807, 2.05) is 10.9 Å². The van der Waals surface area contributed by atoms with E-state index in [0.29, 0.717) is 11.6 Å². The minimum Gasteiger partial charge on any atom is -0.383 e. The van der Waals surface area contributed by atoms with Crippen molar-refractivity contribution in [2.75, 3.05) is 5.73 Å². The predicted molar refractivity (Wildman–Crippen MR) is 70.0 cm³/mol. The minimum absolute atomic E-state index is 0.638. The van der Waals surface area contributed by atoms with Crippen molar-refractivity contribution in [2.24, 2.45) is 0 Å². The van der Waals surface area contributed by atoms with Crippen molar-refractivity contribution in [1.29, 1.82) is 0 Å². The van der Waals surface area contributed by atoms with Crippen LogP contribution in [0.2, 0.25) is 0 Å². The van der Waals surface area contributed by atoms with Crippen LogP contribution >= 0.6 is 0 Å². The second-order valence-electron chi connectivity index (χ2n) is 4.65. The number of hydrogen-bond donors (Lipinski definition) is 1. The summed E-state index contributed by atoms with van der Waals surface area (Å²) in [5.74, 6) is 1.34. The minimum atomic E-state index is 0.638. The van der Waals surface area contributed by atoms with E-state index in [-0.39, 0.29) is 0 Å². The molecule has 2 heterocycles. The fourth-order valence-corrected chi connectivity index (χ4v) is 2.40. The molecule has 18 heavy (non-hydrogen) atoms. The van der Waals surface area contributed by atoms with E-state index in [4.69, 9.17) is 5.73 Å². The van der Waals surface area contributed by atoms with Gasteiger partial charge in [0.2, 0.25) is 0 Å². The van der Waals surface area contributed by atoms with Crippen LogP contribution < -0.4 is 5.73 Å². The van der Waals surface area contributed by atoms with Crippen LogP contribution in [0.15, 0.2) is 12.4 Å². The SMILES string of the molecule is CCn1cc(-c2nc(N)c3c(n2)CCCC3)cn1. The molecule has 94 valence electrons. The van der Waals surface area contributed by atoms with Crippen LogP contribution in [0.25, 0.3) is 11.4 Å². The third-order valence-electron chi connectivity index (χ3n) is 3.43. The average molecular weight is 243 g/mol. The lowest BCUT2D eigenvalue weighted by molar-refractivity contribution is 0.659. The number of rotatable bonds is 2. The molecule has 0 aromatic carbocycles. The lowest BCUT2D eigenvalue weighted by Gasteiger charge is -2.16. The molecule has 5 nitrogen and oxygen atoms in total. The Labute approximate surface area is 106 Å². The molecular weight excluding hydrogens is 226 g/mol. The Morgan fingerprint density at radius 1 is 1.28 bits per heavy atom. The van der Waals surface area contributed by atoms with Crippen LogP contribution in [0, 0.1) is 0 Å². The quantitative estimate of drug-likeness (QED) is 0.873. The molecule has 0 saturated heterocycles. The number of aromatic nitrogens is 4. The number of nitrogen functional groups attached to an aromatic ring is 1. The zero-order valence-electron chi connectivity index (χ0n) is 10.6. The largest absolute Gasteiger partial charge is 0.383 e. The van der Waals surface area contributed by atoms with Crippen molar-refractivity contribution in [1.82, 2.24) is 19.7 Å². The Hall–Kier alpha value is -1.91. The predicted octanol–water partition coefficient (Wildman–Crippen LogP) is 1.82. The summed E-state index contributed by atoms with van der Waals surface area (Å²) < 4.78 is 1.87. The van der Waals surface area contributed by atoms with Crippen LogP contribution in [-0.4, -0.2) is 19.7 Å². The summed E-state index contributed by atoms with van der Waals surface area (Å²) in [5, 5.41) is 4.25. The molecule has 0 atom stereocenters. The molecule has 0 fully saturated rings. The van der Waals surface area contributed by atoms with E-state index in [2.05, 4.69) is 22.0 Å². The molecule has 2 aromatic heterocycles. The number of hydrogen-bond acceptors (Lipinski definition) is 4. The zero-order chi connectivity index (χ0) is 12.5. The van der Waals surface area contributed by atoms with E-state index < -0.39 is 0 Å². The Morgan fingerprint density at radius 3 is 2.89 bits per heavy atom. The molecule has 0 radical (unpaired) electrons. The molecule has 0 saturated carbocycles. The van der Waals surface area contributed by atoms with Crippen LogP contribution in [-0.2, 0) is 19.4 Å². The van der Waals surface area contributed by atoms with Crippen molar-refractivity contribution in [3.05, 3.63) is 23.7 Å². The summed E-state index contributed by atoms with van der Waals surface area (Å²) in [5.41, 5.74) is 9.25. The van der Waals surface area contributed by atoms with E-state index in [1.54, 1.807) is 6.20 Å². The zero-order valence-corrected chi connectivity index (χ0v) is 10.6. The number of aryl methyl sites for hydroxylation is 2. The fourth-order valence-electron chi connectivity index (χ4n) is 2.40. The lowest BCUT2D eigenvalue weighted by atomic mass is 9.96. The highest BCUT2D eigenvalue weighted by Crippen LogP contribution is 2.26. The van der Waals surface area contributed by atoms with Gasteiger partial charge in [0.05, 0.1) is 11.8 Å². The molecule has 5 heteroatoms. The van der Waals surface area contributed by atoms with Crippen molar-refractivity contribution in [3.8, 4) is 11.4 Å². The number of nitrogens with two attached hydrogens (primary N) is 1. The Kier molecular flexibility index (Phi) is 2.74. The molecular formula is C13H17N5. The normalized spacial score (nSPS) is 14.5. The Bertz CT molecular complexity index is 573. The van der Waals surface area contributed by atoms with Gasteiger partial charge in [-0.25, -0.2) is 9.97 Å². The van der Waals surface area contributed by atoms with Gasteiger partial charge in [0.1, 0.15) is 5.82 Å². The molecule has 0 unspecified atom stereocenters. The molecule has 3 rings (SSSR count). The maximum absolute atomic E-state index is 6.04. The average Bonchev–Trinajstić information content (AvgIpc) is 2.87. The molecule has 2 aromatic rings. The maximum Gasteiger partial charge on any atom is 0.164 e. The van der Waals surface area contributed by atoms with Gasteiger partial charge in [-0.1, -0.05) is 0 Å². The van der Waals surface area contributed by atoms with Gasteiger partial charge in [-0.2, -0.15) is 5.10 Å². The van der Waals surface area contributed by atoms with E-state index in [9.17, 15) is 0 Å². The van der Waals surface area contributed by atoms with E-state index in [1.165, 1.54) is 12.8 Å². The van der Waals surface area contributed by atoms with Crippen LogP contribution in [0.5, 0.6) is 0 Å². The first kappa shape index (κ1) is 11.2. The number of nitrogens with zero attached hydrogens (tertiary/aromatic N) is 4. The highest BCUT2D eigenvalue weighted by atomic mass is 15.3. The second-order valence-corrected chi connectivity index (χ2v) is 4.65. The van der Waals surface area contributed by atoms with Crippen molar-refractivity contribution < 1.29 is 0 Å². The first-order chi connectivity index (χ1) is 8.78. The summed E-state index contributed by atoms with van der Waals surface area (Å²) in [6, 6.07) is 0. The number of fused-ring (bicyclic) bond motifs is 1. The summed E-state index contributed by atoms with van der Waals surface area (Å²) >= 11 is 0. The standard InChI is InChI=1S/C13H17N5/c1-2-18-8-9(7-15-18)13-16-11-6-4-3-5-10(11)12(14)17-13/h7-8H,2-6H2,1H3,(H2,14,16,17). The van der Waals surface area contributed by atoms with E-state index >= 15 is 0 Å². The summed E-state index contributed by atoms with van der Waals surface area (Å²) in [6.45, 7) is 2.90. The molecule has 2 N–H and O–H groups in total. The molecule has 1 aliphatic carbocycles.